The van der Waals surface area contributed by atoms with E-state index in [0.29, 0.717) is 0 Å². The third-order valence-electron chi connectivity index (χ3n) is 11.8. The zero-order chi connectivity index (χ0) is 37.5. The van der Waals surface area contributed by atoms with Crippen LogP contribution in [0.4, 0.5) is 0 Å². The first-order valence-corrected chi connectivity index (χ1v) is 19.6. The van der Waals surface area contributed by atoms with Crippen molar-refractivity contribution in [1.29, 1.82) is 0 Å². The highest BCUT2D eigenvalue weighted by Crippen LogP contribution is 2.41. The Balaban J connectivity index is 1.03. The van der Waals surface area contributed by atoms with Crippen molar-refractivity contribution in [2.45, 2.75) is 0 Å². The lowest BCUT2D eigenvalue weighted by atomic mass is 10.0. The number of hydrogen-bond donors (Lipinski definition) is 0. The molecule has 9 aromatic carbocycles. The van der Waals surface area contributed by atoms with Crippen LogP contribution in [0.25, 0.3) is 105 Å². The summed E-state index contributed by atoms with van der Waals surface area (Å²) in [5, 5.41) is 7.48. The molecular weight excluding hydrogens is 691 g/mol. The smallest absolute Gasteiger partial charge is 0.0542 e. The first-order chi connectivity index (χ1) is 28.3. The minimum Gasteiger partial charge on any atom is -0.309 e. The molecule has 0 saturated carbocycles. The van der Waals surface area contributed by atoms with Gasteiger partial charge in [0.1, 0.15) is 0 Å². The van der Waals surface area contributed by atoms with Crippen LogP contribution in [0.5, 0.6) is 0 Å². The number of aromatic nitrogens is 3. The van der Waals surface area contributed by atoms with E-state index in [1.54, 1.807) is 0 Å². The van der Waals surface area contributed by atoms with Gasteiger partial charge in [-0.1, -0.05) is 133 Å². The summed E-state index contributed by atoms with van der Waals surface area (Å²) in [5.41, 5.74) is 15.5. The molecule has 57 heavy (non-hydrogen) atoms. The second-order valence-corrected chi connectivity index (χ2v) is 14.9. The van der Waals surface area contributed by atoms with E-state index in [-0.39, 0.29) is 0 Å². The van der Waals surface area contributed by atoms with Crippen molar-refractivity contribution in [3.8, 4) is 39.3 Å². The van der Waals surface area contributed by atoms with Gasteiger partial charge in [-0.2, -0.15) is 0 Å². The fourth-order valence-corrected chi connectivity index (χ4v) is 9.33. The number of rotatable bonds is 5. The molecule has 3 aromatic heterocycles. The van der Waals surface area contributed by atoms with E-state index in [2.05, 4.69) is 226 Å². The normalized spacial score (nSPS) is 11.9. The van der Waals surface area contributed by atoms with E-state index >= 15 is 0 Å². The van der Waals surface area contributed by atoms with Gasteiger partial charge in [-0.3, -0.25) is 0 Å². The second-order valence-electron chi connectivity index (χ2n) is 14.9. The van der Waals surface area contributed by atoms with Gasteiger partial charge < -0.3 is 13.7 Å². The topological polar surface area (TPSA) is 14.8 Å². The van der Waals surface area contributed by atoms with Crippen molar-refractivity contribution in [2.75, 3.05) is 0 Å². The van der Waals surface area contributed by atoms with Crippen molar-refractivity contribution in [1.82, 2.24) is 13.7 Å². The van der Waals surface area contributed by atoms with Crippen molar-refractivity contribution in [3.05, 3.63) is 212 Å². The molecule has 0 spiro atoms. The Hall–Kier alpha value is -7.62. The highest BCUT2D eigenvalue weighted by Gasteiger charge is 2.19. The molecule has 0 bridgehead atoms. The molecule has 266 valence electrons. The number of hydrogen-bond acceptors (Lipinski definition) is 0. The zero-order valence-corrected chi connectivity index (χ0v) is 31.0. The standard InChI is InChI=1S/C54H35N3/c1-3-15-36(16-4-1)41-19-7-11-23-48(41)57-51-26-14-10-22-44(51)47-35-40(29-32-54(47)57)56-50-25-13-9-21-43(50)46-34-38(28-31-53(46)56)37-27-30-52-45(33-37)42-20-8-12-24-49(42)55(52)39-17-5-2-6-18-39/h1-35H. The average molecular weight is 726 g/mol. The van der Waals surface area contributed by atoms with E-state index in [4.69, 9.17) is 0 Å². The van der Waals surface area contributed by atoms with Crippen LogP contribution in [0.3, 0.4) is 0 Å². The molecule has 12 aromatic rings. The van der Waals surface area contributed by atoms with Gasteiger partial charge in [0.05, 0.1) is 38.8 Å². The van der Waals surface area contributed by atoms with E-state index in [0.717, 1.165) is 5.69 Å². The summed E-state index contributed by atoms with van der Waals surface area (Å²) in [5.74, 6) is 0. The lowest BCUT2D eigenvalue weighted by Crippen LogP contribution is -1.98. The number of benzene rings is 9. The van der Waals surface area contributed by atoms with E-state index < -0.39 is 0 Å². The highest BCUT2D eigenvalue weighted by atomic mass is 15.0. The van der Waals surface area contributed by atoms with Crippen LogP contribution in [0.1, 0.15) is 0 Å². The minimum atomic E-state index is 1.15. The molecule has 0 aliphatic rings. The predicted molar refractivity (Wildman–Crippen MR) is 240 cm³/mol. The Morgan fingerprint density at radius 2 is 0.649 bits per heavy atom. The Kier molecular flexibility index (Phi) is 6.93. The Morgan fingerprint density at radius 3 is 1.26 bits per heavy atom. The maximum absolute atomic E-state index is 2.44. The Labute approximate surface area is 329 Å². The van der Waals surface area contributed by atoms with Gasteiger partial charge in [0.2, 0.25) is 0 Å². The lowest BCUT2D eigenvalue weighted by Gasteiger charge is -2.14. The summed E-state index contributed by atoms with van der Waals surface area (Å²) in [6.07, 6.45) is 0. The monoisotopic (exact) mass is 725 g/mol. The van der Waals surface area contributed by atoms with Crippen LogP contribution < -0.4 is 0 Å². The Bertz CT molecular complexity index is 3510. The van der Waals surface area contributed by atoms with E-state index in [1.165, 1.54) is 99.0 Å². The largest absolute Gasteiger partial charge is 0.309 e. The third-order valence-corrected chi connectivity index (χ3v) is 11.8. The lowest BCUT2D eigenvalue weighted by molar-refractivity contribution is 1.17. The molecule has 12 rings (SSSR count). The number of nitrogens with zero attached hydrogens (tertiary/aromatic N) is 3. The van der Waals surface area contributed by atoms with E-state index in [1.807, 2.05) is 0 Å². The molecular formula is C54H35N3. The molecule has 3 heterocycles. The molecule has 0 aliphatic heterocycles. The van der Waals surface area contributed by atoms with E-state index in [9.17, 15) is 0 Å². The predicted octanol–water partition coefficient (Wildman–Crippen LogP) is 14.3. The molecule has 0 fully saturated rings. The molecule has 0 aliphatic carbocycles. The van der Waals surface area contributed by atoms with Crippen LogP contribution in [0.2, 0.25) is 0 Å². The van der Waals surface area contributed by atoms with Crippen molar-refractivity contribution in [2.24, 2.45) is 0 Å². The highest BCUT2D eigenvalue weighted by molar-refractivity contribution is 6.14. The fourth-order valence-electron chi connectivity index (χ4n) is 9.33. The maximum Gasteiger partial charge on any atom is 0.0542 e. The number of fused-ring (bicyclic) bond motifs is 9. The maximum atomic E-state index is 2.44. The van der Waals surface area contributed by atoms with Crippen molar-refractivity contribution < 1.29 is 0 Å². The average Bonchev–Trinajstić information content (AvgIpc) is 3.92. The summed E-state index contributed by atoms with van der Waals surface area (Å²) >= 11 is 0. The van der Waals surface area contributed by atoms with Gasteiger partial charge >= 0.3 is 0 Å². The van der Waals surface area contributed by atoms with Gasteiger partial charge in [-0.25, -0.2) is 0 Å². The zero-order valence-electron chi connectivity index (χ0n) is 31.0. The third kappa shape index (κ3) is 4.79. The van der Waals surface area contributed by atoms with Crippen LogP contribution in [-0.2, 0) is 0 Å². The molecule has 0 saturated heterocycles. The van der Waals surface area contributed by atoms with Gasteiger partial charge in [0.15, 0.2) is 0 Å². The van der Waals surface area contributed by atoms with Crippen LogP contribution >= 0.6 is 0 Å². The molecule has 0 atom stereocenters. The summed E-state index contributed by atoms with van der Waals surface area (Å²) < 4.78 is 7.25. The fraction of sp³-hybridized carbons (Fsp3) is 0. The molecule has 0 unspecified atom stereocenters. The quantitative estimate of drug-likeness (QED) is 0.168. The summed E-state index contributed by atoms with van der Waals surface area (Å²) in [4.78, 5) is 0. The van der Waals surface area contributed by atoms with Gasteiger partial charge in [-0.05, 0) is 95.6 Å². The van der Waals surface area contributed by atoms with Crippen molar-refractivity contribution >= 4 is 65.4 Å². The molecule has 3 heteroatoms. The molecule has 0 amide bonds. The first-order valence-electron chi connectivity index (χ1n) is 19.6. The molecule has 0 N–H and O–H groups in total. The van der Waals surface area contributed by atoms with Gasteiger partial charge in [0, 0.05) is 49.3 Å². The second kappa shape index (κ2) is 12.5. The van der Waals surface area contributed by atoms with Crippen LogP contribution in [0, 0.1) is 0 Å². The Morgan fingerprint density at radius 1 is 0.228 bits per heavy atom. The van der Waals surface area contributed by atoms with Gasteiger partial charge in [0.25, 0.3) is 0 Å². The van der Waals surface area contributed by atoms with Gasteiger partial charge in [-0.15, -0.1) is 0 Å². The van der Waals surface area contributed by atoms with Crippen molar-refractivity contribution in [3.63, 3.8) is 0 Å². The summed E-state index contributed by atoms with van der Waals surface area (Å²) in [6.45, 7) is 0. The number of para-hydroxylation sites is 5. The summed E-state index contributed by atoms with van der Waals surface area (Å²) in [6, 6.07) is 77.4. The molecule has 0 radical (unpaired) electrons. The van der Waals surface area contributed by atoms with Crippen LogP contribution in [0.15, 0.2) is 212 Å². The van der Waals surface area contributed by atoms with Crippen LogP contribution in [-0.4, -0.2) is 13.7 Å². The first kappa shape index (κ1) is 31.7. The minimum absolute atomic E-state index is 1.15. The SMILES string of the molecule is c1ccc(-c2ccccc2-n2c3ccccc3c3cc(-n4c5ccccc5c5cc(-c6ccc7c(c6)c6ccccc6n7-c6ccccc6)ccc54)ccc32)cc1. The summed E-state index contributed by atoms with van der Waals surface area (Å²) in [7, 11) is 0. The molecule has 3 nitrogen and oxygen atoms in total.